The number of piperazine rings is 1. The van der Waals surface area contributed by atoms with Crippen molar-refractivity contribution in [1.82, 2.24) is 10.2 Å². The smallest absolute Gasteiger partial charge is 0.303 e. The van der Waals surface area contributed by atoms with E-state index in [2.05, 4.69) is 5.32 Å². The molecule has 5 nitrogen and oxygen atoms in total. The van der Waals surface area contributed by atoms with E-state index in [0.29, 0.717) is 6.42 Å². The van der Waals surface area contributed by atoms with Gasteiger partial charge in [-0.3, -0.25) is 9.59 Å². The number of carbonyl (C=O) groups excluding carboxylic acids is 1. The number of carboxylic acid groups (broad SMARTS) is 1. The van der Waals surface area contributed by atoms with Crippen LogP contribution in [0.25, 0.3) is 0 Å². The number of rotatable bonds is 5. The Balaban J connectivity index is 2.53. The summed E-state index contributed by atoms with van der Waals surface area (Å²) in [5.74, 6) is -0.808. The van der Waals surface area contributed by atoms with Crippen LogP contribution in [0.5, 0.6) is 0 Å². The minimum absolute atomic E-state index is 0.0394. The highest BCUT2D eigenvalue weighted by atomic mass is 16.4. The number of carbonyl (C=O) groups is 2. The van der Waals surface area contributed by atoms with Crippen LogP contribution >= 0.6 is 0 Å². The number of carboxylic acids is 1. The Hall–Kier alpha value is -1.10. The fourth-order valence-electron chi connectivity index (χ4n) is 1.91. The molecule has 0 aliphatic carbocycles. The van der Waals surface area contributed by atoms with Crippen molar-refractivity contribution in [3.63, 3.8) is 0 Å². The first-order valence-corrected chi connectivity index (χ1v) is 5.82. The molecule has 5 heteroatoms. The second kappa shape index (κ2) is 5.84. The number of hydrogen-bond acceptors (Lipinski definition) is 3. The summed E-state index contributed by atoms with van der Waals surface area (Å²) in [6.45, 7) is 5.54. The van der Waals surface area contributed by atoms with Crippen molar-refractivity contribution in [2.75, 3.05) is 13.1 Å². The molecule has 1 amide bonds. The van der Waals surface area contributed by atoms with Crippen LogP contribution in [0.2, 0.25) is 0 Å². The third-order valence-corrected chi connectivity index (χ3v) is 3.09. The molecule has 0 spiro atoms. The molecule has 1 aliphatic rings. The second-order valence-electron chi connectivity index (χ2n) is 4.23. The zero-order chi connectivity index (χ0) is 12.1. The molecular formula is C11H20N2O3. The highest BCUT2D eigenvalue weighted by molar-refractivity contribution is 5.83. The highest BCUT2D eigenvalue weighted by Crippen LogP contribution is 2.12. The molecule has 1 saturated heterocycles. The van der Waals surface area contributed by atoms with Crippen LogP contribution in [0, 0.1) is 0 Å². The molecule has 0 radical (unpaired) electrons. The van der Waals surface area contributed by atoms with E-state index in [9.17, 15) is 9.59 Å². The first-order valence-electron chi connectivity index (χ1n) is 5.82. The molecule has 1 aliphatic heterocycles. The molecule has 92 valence electrons. The summed E-state index contributed by atoms with van der Waals surface area (Å²) >= 11 is 0. The summed E-state index contributed by atoms with van der Waals surface area (Å²) in [7, 11) is 0. The van der Waals surface area contributed by atoms with Crippen molar-refractivity contribution in [3.8, 4) is 0 Å². The maximum absolute atomic E-state index is 12.0. The van der Waals surface area contributed by atoms with Crippen LogP contribution in [0.4, 0.5) is 0 Å². The van der Waals surface area contributed by atoms with E-state index >= 15 is 0 Å². The van der Waals surface area contributed by atoms with Gasteiger partial charge in [0, 0.05) is 25.6 Å². The molecule has 0 aromatic rings. The normalized spacial score (nSPS) is 23.2. The topological polar surface area (TPSA) is 69.6 Å². The fourth-order valence-corrected chi connectivity index (χ4v) is 1.91. The Morgan fingerprint density at radius 3 is 2.94 bits per heavy atom. The number of aliphatic carboxylic acids is 1. The molecule has 0 aromatic carbocycles. The molecule has 2 unspecified atom stereocenters. The predicted molar refractivity (Wildman–Crippen MR) is 60.1 cm³/mol. The van der Waals surface area contributed by atoms with E-state index in [-0.39, 0.29) is 24.4 Å². The standard InChI is InChI=1S/C11H20N2O3/c1-3-8(2)13-7-6-12-9(11(13)16)4-5-10(14)15/h8-9,12H,3-7H2,1-2H3,(H,14,15). The lowest BCUT2D eigenvalue weighted by Gasteiger charge is -2.36. The third kappa shape index (κ3) is 3.20. The average Bonchev–Trinajstić information content (AvgIpc) is 2.26. The first-order chi connectivity index (χ1) is 7.56. The maximum atomic E-state index is 12.0. The largest absolute Gasteiger partial charge is 0.481 e. The van der Waals surface area contributed by atoms with Gasteiger partial charge in [0.2, 0.25) is 5.91 Å². The molecule has 2 atom stereocenters. The number of hydrogen-bond donors (Lipinski definition) is 2. The predicted octanol–water partition coefficient (Wildman–Crippen LogP) is 0.450. The number of amides is 1. The minimum atomic E-state index is -0.852. The van der Waals surface area contributed by atoms with Crippen LogP contribution in [0.3, 0.4) is 0 Å². The van der Waals surface area contributed by atoms with Crippen LogP contribution < -0.4 is 5.32 Å². The molecule has 1 fully saturated rings. The first kappa shape index (κ1) is 13.0. The Morgan fingerprint density at radius 2 is 2.38 bits per heavy atom. The van der Waals surface area contributed by atoms with Gasteiger partial charge in [0.25, 0.3) is 0 Å². The lowest BCUT2D eigenvalue weighted by molar-refractivity contribution is -0.139. The van der Waals surface area contributed by atoms with Crippen molar-refractivity contribution in [2.24, 2.45) is 0 Å². The van der Waals surface area contributed by atoms with Gasteiger partial charge in [-0.2, -0.15) is 0 Å². The summed E-state index contributed by atoms with van der Waals surface area (Å²) in [5.41, 5.74) is 0. The number of nitrogens with zero attached hydrogens (tertiary/aromatic N) is 1. The van der Waals surface area contributed by atoms with Crippen molar-refractivity contribution < 1.29 is 14.7 Å². The Morgan fingerprint density at radius 1 is 1.69 bits per heavy atom. The molecule has 0 saturated carbocycles. The second-order valence-corrected chi connectivity index (χ2v) is 4.23. The molecule has 0 aromatic heterocycles. The van der Waals surface area contributed by atoms with Gasteiger partial charge in [-0.25, -0.2) is 0 Å². The molecule has 0 bridgehead atoms. The van der Waals surface area contributed by atoms with Crippen LogP contribution in [-0.2, 0) is 9.59 Å². The quantitative estimate of drug-likeness (QED) is 0.717. The van der Waals surface area contributed by atoms with E-state index < -0.39 is 5.97 Å². The summed E-state index contributed by atoms with van der Waals surface area (Å²) < 4.78 is 0. The van der Waals surface area contributed by atoms with Gasteiger partial charge in [0.05, 0.1) is 6.04 Å². The average molecular weight is 228 g/mol. The highest BCUT2D eigenvalue weighted by Gasteiger charge is 2.30. The Kier molecular flexibility index (Phi) is 4.73. The molecule has 1 heterocycles. The Bertz CT molecular complexity index is 268. The molecular weight excluding hydrogens is 208 g/mol. The van der Waals surface area contributed by atoms with E-state index in [1.54, 1.807) is 0 Å². The van der Waals surface area contributed by atoms with Crippen molar-refractivity contribution in [3.05, 3.63) is 0 Å². The molecule has 1 rings (SSSR count). The monoisotopic (exact) mass is 228 g/mol. The van der Waals surface area contributed by atoms with Gasteiger partial charge in [0.1, 0.15) is 0 Å². The van der Waals surface area contributed by atoms with E-state index in [1.807, 2.05) is 18.7 Å². The summed E-state index contributed by atoms with van der Waals surface area (Å²) in [5, 5.41) is 11.7. The van der Waals surface area contributed by atoms with Gasteiger partial charge >= 0.3 is 5.97 Å². The Labute approximate surface area is 95.8 Å². The van der Waals surface area contributed by atoms with Crippen molar-refractivity contribution in [1.29, 1.82) is 0 Å². The zero-order valence-corrected chi connectivity index (χ0v) is 9.90. The lowest BCUT2D eigenvalue weighted by Crippen LogP contribution is -2.57. The summed E-state index contributed by atoms with van der Waals surface area (Å²) in [6.07, 6.45) is 1.34. The lowest BCUT2D eigenvalue weighted by atomic mass is 10.1. The SMILES string of the molecule is CCC(C)N1CCNC(CCC(=O)O)C1=O. The van der Waals surface area contributed by atoms with Crippen LogP contribution in [-0.4, -0.2) is 47.1 Å². The summed E-state index contributed by atoms with van der Waals surface area (Å²) in [6, 6.07) is -0.0826. The zero-order valence-electron chi connectivity index (χ0n) is 9.90. The van der Waals surface area contributed by atoms with E-state index in [0.717, 1.165) is 19.5 Å². The van der Waals surface area contributed by atoms with Crippen molar-refractivity contribution in [2.45, 2.75) is 45.2 Å². The van der Waals surface area contributed by atoms with Gasteiger partial charge in [0.15, 0.2) is 0 Å². The van der Waals surface area contributed by atoms with Gasteiger partial charge in [-0.15, -0.1) is 0 Å². The van der Waals surface area contributed by atoms with Gasteiger partial charge in [-0.05, 0) is 19.8 Å². The van der Waals surface area contributed by atoms with Gasteiger partial charge < -0.3 is 15.3 Å². The van der Waals surface area contributed by atoms with Crippen LogP contribution in [0.15, 0.2) is 0 Å². The minimum Gasteiger partial charge on any atom is -0.481 e. The maximum Gasteiger partial charge on any atom is 0.303 e. The summed E-state index contributed by atoms with van der Waals surface area (Å²) in [4.78, 5) is 24.3. The molecule has 2 N–H and O–H groups in total. The van der Waals surface area contributed by atoms with E-state index in [1.165, 1.54) is 0 Å². The van der Waals surface area contributed by atoms with Crippen LogP contribution in [0.1, 0.15) is 33.1 Å². The van der Waals surface area contributed by atoms with Crippen molar-refractivity contribution >= 4 is 11.9 Å². The third-order valence-electron chi connectivity index (χ3n) is 3.09. The molecule has 16 heavy (non-hydrogen) atoms. The van der Waals surface area contributed by atoms with Gasteiger partial charge in [-0.1, -0.05) is 6.92 Å². The number of nitrogens with one attached hydrogen (secondary N) is 1. The van der Waals surface area contributed by atoms with E-state index in [4.69, 9.17) is 5.11 Å². The fraction of sp³-hybridized carbons (Fsp3) is 0.818.